The van der Waals surface area contributed by atoms with Crippen LogP contribution in [0.25, 0.3) is 86.7 Å². The van der Waals surface area contributed by atoms with E-state index in [4.69, 9.17) is 15.0 Å². The lowest BCUT2D eigenvalue weighted by molar-refractivity contribution is 1.23. The van der Waals surface area contributed by atoms with Gasteiger partial charge in [0.1, 0.15) is 0 Å². The Labute approximate surface area is 251 Å². The minimum atomic E-state index is 0.705. The molecular weight excluding hydrogens is 543 g/mol. The van der Waals surface area contributed by atoms with E-state index < -0.39 is 0 Å². The summed E-state index contributed by atoms with van der Waals surface area (Å²) in [5.41, 5.74) is 6.92. The van der Waals surface area contributed by atoms with E-state index in [0.29, 0.717) is 5.82 Å². The molecule has 6 aromatic carbocycles. The summed E-state index contributed by atoms with van der Waals surface area (Å²) in [7, 11) is 0. The molecule has 0 N–H and O–H groups in total. The molecule has 0 bridgehead atoms. The van der Waals surface area contributed by atoms with Crippen molar-refractivity contribution in [1.29, 1.82) is 0 Å². The van der Waals surface area contributed by atoms with Crippen LogP contribution >= 0.6 is 11.3 Å². The van der Waals surface area contributed by atoms with Gasteiger partial charge in [-0.1, -0.05) is 115 Å². The molecule has 0 saturated carbocycles. The summed E-state index contributed by atoms with van der Waals surface area (Å²) in [5, 5.41) is 7.24. The SMILES string of the molecule is c1ccc(-c2nc(-c3cccc(-c4nc5ccccc5c5c4ccc4c6ccccc6sc45)c3)nc3ccccc23)cc1. The first-order valence-electron chi connectivity index (χ1n) is 14.4. The Morgan fingerprint density at radius 3 is 1.88 bits per heavy atom. The van der Waals surface area contributed by atoms with Gasteiger partial charge in [-0.05, 0) is 24.3 Å². The predicted octanol–water partition coefficient (Wildman–Crippen LogP) is 10.7. The third-order valence-corrected chi connectivity index (χ3v) is 9.46. The van der Waals surface area contributed by atoms with Crippen molar-refractivity contribution in [2.75, 3.05) is 0 Å². The Morgan fingerprint density at radius 2 is 1.02 bits per heavy atom. The highest BCUT2D eigenvalue weighted by Gasteiger charge is 2.17. The third kappa shape index (κ3) is 3.84. The summed E-state index contributed by atoms with van der Waals surface area (Å²) in [6, 6.07) is 48.8. The summed E-state index contributed by atoms with van der Waals surface area (Å²) in [6.07, 6.45) is 0. The van der Waals surface area contributed by atoms with Crippen molar-refractivity contribution in [3.05, 3.63) is 140 Å². The van der Waals surface area contributed by atoms with Gasteiger partial charge in [-0.3, -0.25) is 0 Å². The Hall–Kier alpha value is -5.45. The van der Waals surface area contributed by atoms with E-state index in [1.807, 2.05) is 29.5 Å². The van der Waals surface area contributed by atoms with Gasteiger partial charge in [0.15, 0.2) is 5.82 Å². The predicted molar refractivity (Wildman–Crippen MR) is 182 cm³/mol. The quantitative estimate of drug-likeness (QED) is 0.200. The molecule has 9 rings (SSSR count). The normalized spacial score (nSPS) is 11.7. The number of hydrogen-bond acceptors (Lipinski definition) is 4. The number of fused-ring (bicyclic) bond motifs is 8. The fourth-order valence-electron chi connectivity index (χ4n) is 6.26. The molecule has 0 spiro atoms. The van der Waals surface area contributed by atoms with Gasteiger partial charge in [0, 0.05) is 58.4 Å². The van der Waals surface area contributed by atoms with Crippen molar-refractivity contribution < 1.29 is 0 Å². The summed E-state index contributed by atoms with van der Waals surface area (Å²) < 4.78 is 2.61. The van der Waals surface area contributed by atoms with Gasteiger partial charge < -0.3 is 0 Å². The topological polar surface area (TPSA) is 38.7 Å². The fraction of sp³-hybridized carbons (Fsp3) is 0. The van der Waals surface area contributed by atoms with Crippen LogP contribution in [-0.2, 0) is 0 Å². The first-order chi connectivity index (χ1) is 21.3. The lowest BCUT2D eigenvalue weighted by atomic mass is 9.97. The molecule has 0 unspecified atom stereocenters. The zero-order valence-electron chi connectivity index (χ0n) is 23.0. The smallest absolute Gasteiger partial charge is 0.160 e. The molecule has 43 heavy (non-hydrogen) atoms. The Kier molecular flexibility index (Phi) is 5.37. The lowest BCUT2D eigenvalue weighted by Crippen LogP contribution is -1.96. The number of thiophene rings is 1. The highest BCUT2D eigenvalue weighted by molar-refractivity contribution is 7.26. The van der Waals surface area contributed by atoms with E-state index in [2.05, 4.69) is 121 Å². The molecule has 4 heteroatoms. The minimum absolute atomic E-state index is 0.705. The van der Waals surface area contributed by atoms with Gasteiger partial charge in [-0.15, -0.1) is 11.3 Å². The molecule has 0 aliphatic carbocycles. The van der Waals surface area contributed by atoms with E-state index in [0.717, 1.165) is 49.9 Å². The van der Waals surface area contributed by atoms with Crippen LogP contribution in [0.1, 0.15) is 0 Å². The van der Waals surface area contributed by atoms with Crippen LogP contribution in [0.3, 0.4) is 0 Å². The molecule has 200 valence electrons. The van der Waals surface area contributed by atoms with Gasteiger partial charge in [0.2, 0.25) is 0 Å². The monoisotopic (exact) mass is 565 g/mol. The number of pyridine rings is 1. The maximum absolute atomic E-state index is 5.25. The van der Waals surface area contributed by atoms with Crippen LogP contribution < -0.4 is 0 Å². The number of rotatable bonds is 3. The molecule has 0 aliphatic heterocycles. The number of aromatic nitrogens is 3. The first kappa shape index (κ1) is 24.2. The fourth-order valence-corrected chi connectivity index (χ4v) is 7.53. The van der Waals surface area contributed by atoms with Gasteiger partial charge in [0.05, 0.1) is 22.4 Å². The van der Waals surface area contributed by atoms with Gasteiger partial charge in [0.25, 0.3) is 0 Å². The Morgan fingerprint density at radius 1 is 0.395 bits per heavy atom. The summed E-state index contributed by atoms with van der Waals surface area (Å²) >= 11 is 1.86. The van der Waals surface area contributed by atoms with E-state index in [1.54, 1.807) is 0 Å². The van der Waals surface area contributed by atoms with E-state index >= 15 is 0 Å². The van der Waals surface area contributed by atoms with Crippen molar-refractivity contribution >= 4 is 64.1 Å². The van der Waals surface area contributed by atoms with Crippen LogP contribution in [0.15, 0.2) is 140 Å². The van der Waals surface area contributed by atoms with Crippen LogP contribution in [0.5, 0.6) is 0 Å². The van der Waals surface area contributed by atoms with Crippen LogP contribution in [0.4, 0.5) is 0 Å². The average Bonchev–Trinajstić information content (AvgIpc) is 3.47. The number of hydrogen-bond donors (Lipinski definition) is 0. The van der Waals surface area contributed by atoms with E-state index in [9.17, 15) is 0 Å². The summed E-state index contributed by atoms with van der Waals surface area (Å²) in [5.74, 6) is 0.705. The molecule has 0 saturated heterocycles. The van der Waals surface area contributed by atoms with E-state index in [-0.39, 0.29) is 0 Å². The van der Waals surface area contributed by atoms with Crippen molar-refractivity contribution in [2.45, 2.75) is 0 Å². The number of benzene rings is 6. The summed E-state index contributed by atoms with van der Waals surface area (Å²) in [6.45, 7) is 0. The molecule has 0 amide bonds. The minimum Gasteiger partial charge on any atom is -0.247 e. The zero-order valence-corrected chi connectivity index (χ0v) is 23.8. The third-order valence-electron chi connectivity index (χ3n) is 8.25. The largest absolute Gasteiger partial charge is 0.247 e. The molecule has 0 aliphatic rings. The number of para-hydroxylation sites is 2. The van der Waals surface area contributed by atoms with Crippen LogP contribution in [-0.4, -0.2) is 15.0 Å². The van der Waals surface area contributed by atoms with Gasteiger partial charge in [-0.2, -0.15) is 0 Å². The molecule has 9 aromatic rings. The maximum atomic E-state index is 5.25. The Balaban J connectivity index is 1.29. The van der Waals surface area contributed by atoms with Crippen molar-refractivity contribution in [2.24, 2.45) is 0 Å². The second-order valence-electron chi connectivity index (χ2n) is 10.8. The number of nitrogens with zero attached hydrogens (tertiary/aromatic N) is 3. The lowest BCUT2D eigenvalue weighted by Gasteiger charge is -2.13. The standard InChI is InChI=1S/C39H23N3S/c1-2-11-24(12-3-1)36-30-17-5-8-19-33(30)41-39(42-36)26-14-10-13-25(23-26)37-31-22-21-28-27-15-6-9-20-34(27)43-38(28)35(31)29-16-4-7-18-32(29)40-37/h1-23H. The first-order valence-corrected chi connectivity index (χ1v) is 15.2. The van der Waals surface area contributed by atoms with Crippen molar-refractivity contribution in [1.82, 2.24) is 15.0 Å². The molecule has 0 fully saturated rings. The van der Waals surface area contributed by atoms with Crippen molar-refractivity contribution in [3.8, 4) is 33.9 Å². The molecule has 3 aromatic heterocycles. The molecular formula is C39H23N3S. The molecule has 0 atom stereocenters. The van der Waals surface area contributed by atoms with Gasteiger partial charge >= 0.3 is 0 Å². The van der Waals surface area contributed by atoms with Crippen molar-refractivity contribution in [3.63, 3.8) is 0 Å². The second kappa shape index (κ2) is 9.55. The van der Waals surface area contributed by atoms with E-state index in [1.165, 1.54) is 30.9 Å². The second-order valence-corrected chi connectivity index (χ2v) is 11.9. The molecule has 0 radical (unpaired) electrons. The van der Waals surface area contributed by atoms with Crippen LogP contribution in [0, 0.1) is 0 Å². The van der Waals surface area contributed by atoms with Gasteiger partial charge in [-0.25, -0.2) is 15.0 Å². The maximum Gasteiger partial charge on any atom is 0.160 e. The Bertz CT molecular complexity index is 2510. The zero-order chi connectivity index (χ0) is 28.3. The van der Waals surface area contributed by atoms with Crippen LogP contribution in [0.2, 0.25) is 0 Å². The molecule has 3 nitrogen and oxygen atoms in total. The average molecular weight is 566 g/mol. The molecule has 3 heterocycles. The highest BCUT2D eigenvalue weighted by atomic mass is 32.1. The highest BCUT2D eigenvalue weighted by Crippen LogP contribution is 2.43. The summed E-state index contributed by atoms with van der Waals surface area (Å²) in [4.78, 5) is 15.4.